The second-order valence-corrected chi connectivity index (χ2v) is 11.8. The van der Waals surface area contributed by atoms with E-state index >= 15 is 0 Å². The van der Waals surface area contributed by atoms with Gasteiger partial charge in [0.2, 0.25) is 4.08 Å². The monoisotopic (exact) mass is 464 g/mol. The molecule has 0 bridgehead atoms. The maximum atomic E-state index is 12.3. The highest BCUT2D eigenvalue weighted by molar-refractivity contribution is 8.05. The third-order valence-electron chi connectivity index (χ3n) is 6.59. The van der Waals surface area contributed by atoms with Gasteiger partial charge in [-0.05, 0) is 66.4 Å². The van der Waals surface area contributed by atoms with Crippen molar-refractivity contribution in [2.24, 2.45) is 0 Å². The molecule has 0 saturated heterocycles. The van der Waals surface area contributed by atoms with Crippen LogP contribution in [0.2, 0.25) is 0 Å². The van der Waals surface area contributed by atoms with E-state index in [1.54, 1.807) is 0 Å². The summed E-state index contributed by atoms with van der Waals surface area (Å²) >= 11 is 0. The van der Waals surface area contributed by atoms with Crippen LogP contribution in [0, 0.1) is 0 Å². The Morgan fingerprint density at radius 3 is 2.09 bits per heavy atom. The van der Waals surface area contributed by atoms with Crippen LogP contribution >= 0.6 is 0 Å². The molecule has 0 fully saturated rings. The standard InChI is InChI=1S/C24H16O6S2/c25-31(26,27)24(32(28,29)30)11-10-18-19-7-3-5-14-8-9-16-12-15-4-1-2-6-17(15)23(20(18)13-24)22(16)21(14)19/h1-12H,13H2,(H,25,26,27)(H,28,29,30). The minimum absolute atomic E-state index is 0.454. The molecule has 8 heteroatoms. The average molecular weight is 465 g/mol. The number of fused-ring (bicyclic) bond motifs is 5. The molecule has 5 aromatic rings. The van der Waals surface area contributed by atoms with E-state index in [2.05, 4.69) is 0 Å². The van der Waals surface area contributed by atoms with Crippen LogP contribution in [0.5, 0.6) is 0 Å². The minimum atomic E-state index is -5.21. The third kappa shape index (κ3) is 2.35. The van der Waals surface area contributed by atoms with Crippen LogP contribution in [0.25, 0.3) is 49.2 Å². The fourth-order valence-electron chi connectivity index (χ4n) is 5.15. The van der Waals surface area contributed by atoms with Gasteiger partial charge in [0.1, 0.15) is 0 Å². The normalized spacial score (nSPS) is 16.3. The molecule has 0 saturated carbocycles. The van der Waals surface area contributed by atoms with Gasteiger partial charge in [-0.3, -0.25) is 9.11 Å². The molecule has 0 aromatic heterocycles. The molecule has 5 aromatic carbocycles. The summed E-state index contributed by atoms with van der Waals surface area (Å²) in [5, 5.41) is 7.16. The maximum Gasteiger partial charge on any atom is 0.291 e. The first kappa shape index (κ1) is 19.6. The Balaban J connectivity index is 1.92. The van der Waals surface area contributed by atoms with Crippen LogP contribution in [0.15, 0.2) is 66.7 Å². The molecular formula is C24H16O6S2. The topological polar surface area (TPSA) is 109 Å². The molecule has 160 valence electrons. The van der Waals surface area contributed by atoms with E-state index in [-0.39, 0.29) is 0 Å². The van der Waals surface area contributed by atoms with Crippen molar-refractivity contribution in [1.29, 1.82) is 0 Å². The lowest BCUT2D eigenvalue weighted by Crippen LogP contribution is -2.47. The molecule has 1 aliphatic carbocycles. The average Bonchev–Trinajstić information content (AvgIpc) is 2.75. The van der Waals surface area contributed by atoms with Crippen LogP contribution in [-0.4, -0.2) is 30.0 Å². The first-order valence-corrected chi connectivity index (χ1v) is 12.7. The van der Waals surface area contributed by atoms with Gasteiger partial charge in [-0.15, -0.1) is 0 Å². The molecule has 0 heterocycles. The van der Waals surface area contributed by atoms with Gasteiger partial charge in [0.05, 0.1) is 0 Å². The summed E-state index contributed by atoms with van der Waals surface area (Å²) in [6.45, 7) is 0. The van der Waals surface area contributed by atoms with Gasteiger partial charge < -0.3 is 0 Å². The SMILES string of the molecule is O=S(=O)(O)C1(S(=O)(=O)O)C=Cc2c(c3c4ccccc4cc4ccc5cccc2c5c43)C1. The van der Waals surface area contributed by atoms with Gasteiger partial charge in [-0.1, -0.05) is 60.7 Å². The predicted octanol–water partition coefficient (Wildman–Crippen LogP) is 4.78. The highest BCUT2D eigenvalue weighted by Crippen LogP contribution is 2.47. The Hall–Kier alpha value is -3.04. The number of rotatable bonds is 2. The quantitative estimate of drug-likeness (QED) is 0.221. The molecule has 0 aliphatic heterocycles. The maximum absolute atomic E-state index is 12.3. The van der Waals surface area contributed by atoms with Crippen molar-refractivity contribution in [3.63, 3.8) is 0 Å². The summed E-state index contributed by atoms with van der Waals surface area (Å²) < 4.78 is 66.3. The van der Waals surface area contributed by atoms with Crippen LogP contribution in [0.1, 0.15) is 11.1 Å². The van der Waals surface area contributed by atoms with Gasteiger partial charge in [-0.25, -0.2) is 0 Å². The Labute approximate surface area is 183 Å². The van der Waals surface area contributed by atoms with Crippen LogP contribution in [0.4, 0.5) is 0 Å². The van der Waals surface area contributed by atoms with E-state index in [1.807, 2.05) is 60.7 Å². The Morgan fingerprint density at radius 2 is 1.34 bits per heavy atom. The second kappa shape index (κ2) is 6.05. The van der Waals surface area contributed by atoms with Crippen LogP contribution in [-0.2, 0) is 26.7 Å². The lowest BCUT2D eigenvalue weighted by Gasteiger charge is -2.30. The first-order valence-electron chi connectivity index (χ1n) is 9.87. The second-order valence-electron chi connectivity index (χ2n) is 8.20. The predicted molar refractivity (Wildman–Crippen MR) is 126 cm³/mol. The molecule has 0 radical (unpaired) electrons. The summed E-state index contributed by atoms with van der Waals surface area (Å²) in [5.74, 6) is 0. The first-order chi connectivity index (χ1) is 15.1. The minimum Gasteiger partial charge on any atom is -0.284 e. The number of hydrogen-bond donors (Lipinski definition) is 2. The van der Waals surface area contributed by atoms with Gasteiger partial charge in [0.15, 0.2) is 0 Å². The van der Waals surface area contributed by atoms with Gasteiger partial charge in [0, 0.05) is 6.42 Å². The Bertz CT molecular complexity index is 1820. The van der Waals surface area contributed by atoms with Crippen molar-refractivity contribution in [2.75, 3.05) is 0 Å². The van der Waals surface area contributed by atoms with Crippen molar-refractivity contribution in [2.45, 2.75) is 10.5 Å². The van der Waals surface area contributed by atoms with E-state index < -0.39 is 30.7 Å². The lowest BCUT2D eigenvalue weighted by molar-refractivity contribution is 0.436. The van der Waals surface area contributed by atoms with E-state index in [9.17, 15) is 25.9 Å². The van der Waals surface area contributed by atoms with Crippen molar-refractivity contribution in [1.82, 2.24) is 0 Å². The Morgan fingerprint density at radius 1 is 0.688 bits per heavy atom. The fraction of sp³-hybridized carbons (Fsp3) is 0.0833. The molecule has 2 N–H and O–H groups in total. The molecule has 6 nitrogen and oxygen atoms in total. The zero-order valence-corrected chi connectivity index (χ0v) is 18.1. The largest absolute Gasteiger partial charge is 0.291 e. The van der Waals surface area contributed by atoms with Gasteiger partial charge >= 0.3 is 0 Å². The molecule has 6 rings (SSSR count). The van der Waals surface area contributed by atoms with Crippen molar-refractivity contribution in [3.05, 3.63) is 77.9 Å². The molecule has 0 unspecified atom stereocenters. The highest BCUT2D eigenvalue weighted by Gasteiger charge is 2.54. The number of hydrogen-bond acceptors (Lipinski definition) is 4. The number of benzene rings is 5. The van der Waals surface area contributed by atoms with Crippen molar-refractivity contribution in [3.8, 4) is 0 Å². The van der Waals surface area contributed by atoms with Crippen molar-refractivity contribution < 1.29 is 25.9 Å². The zero-order chi connectivity index (χ0) is 22.5. The molecule has 0 atom stereocenters. The van der Waals surface area contributed by atoms with E-state index in [4.69, 9.17) is 0 Å². The summed E-state index contributed by atoms with van der Waals surface area (Å²) in [5.41, 5.74) is 1.13. The van der Waals surface area contributed by atoms with Crippen molar-refractivity contribution >= 4 is 69.4 Å². The Kier molecular flexibility index (Phi) is 3.71. The molecule has 32 heavy (non-hydrogen) atoms. The van der Waals surface area contributed by atoms with Gasteiger partial charge in [0.25, 0.3) is 20.2 Å². The summed E-state index contributed by atoms with van der Waals surface area (Å²) in [6, 6.07) is 19.5. The van der Waals surface area contributed by atoms with Crippen LogP contribution in [0.3, 0.4) is 0 Å². The van der Waals surface area contributed by atoms with Crippen LogP contribution < -0.4 is 0 Å². The summed E-state index contributed by atoms with van der Waals surface area (Å²) in [6.07, 6.45) is 1.66. The third-order valence-corrected chi connectivity index (χ3v) is 10.2. The summed E-state index contributed by atoms with van der Waals surface area (Å²) in [7, 11) is -10.4. The molecule has 0 amide bonds. The molecule has 0 spiro atoms. The summed E-state index contributed by atoms with van der Waals surface area (Å²) in [4.78, 5) is 0. The molecular weight excluding hydrogens is 448 g/mol. The molecule has 1 aliphatic rings. The zero-order valence-electron chi connectivity index (χ0n) is 16.5. The van der Waals surface area contributed by atoms with E-state index in [0.29, 0.717) is 11.1 Å². The fourth-order valence-corrected chi connectivity index (χ4v) is 7.35. The lowest BCUT2D eigenvalue weighted by atomic mass is 9.82. The highest BCUT2D eigenvalue weighted by atomic mass is 32.3. The van der Waals surface area contributed by atoms with E-state index in [1.165, 1.54) is 6.08 Å². The van der Waals surface area contributed by atoms with E-state index in [0.717, 1.165) is 49.2 Å². The van der Waals surface area contributed by atoms with Gasteiger partial charge in [-0.2, -0.15) is 16.8 Å². The smallest absolute Gasteiger partial charge is 0.284 e.